The summed E-state index contributed by atoms with van der Waals surface area (Å²) in [5, 5.41) is 18.0. The van der Waals surface area contributed by atoms with Crippen LogP contribution in [0.1, 0.15) is 39.8 Å². The number of likely N-dealkylation sites (tertiary alicyclic amines) is 1. The Morgan fingerprint density at radius 1 is 1.30 bits per heavy atom. The minimum absolute atomic E-state index is 0.130. The number of hydrogen-bond donors (Lipinski definition) is 2. The average Bonchev–Trinajstić information content (AvgIpc) is 3.48. The maximum atomic E-state index is 13.1. The predicted molar refractivity (Wildman–Crippen MR) is 124 cm³/mol. The highest BCUT2D eigenvalue weighted by atomic mass is 32.1. The van der Waals surface area contributed by atoms with E-state index in [-0.39, 0.29) is 11.8 Å². The number of aromatic nitrogens is 3. The molecule has 0 unspecified atom stereocenters. The van der Waals surface area contributed by atoms with Crippen molar-refractivity contribution in [3.05, 3.63) is 53.5 Å². The van der Waals surface area contributed by atoms with Gasteiger partial charge in [0.05, 0.1) is 22.1 Å². The largest absolute Gasteiger partial charge is 0.455 e. The van der Waals surface area contributed by atoms with Crippen LogP contribution in [-0.4, -0.2) is 61.5 Å². The van der Waals surface area contributed by atoms with Crippen molar-refractivity contribution in [1.29, 1.82) is 0 Å². The number of fused-ring (bicyclic) bond motifs is 2. The lowest BCUT2D eigenvalue weighted by atomic mass is 10.1. The molecule has 2 N–H and O–H groups in total. The molecule has 1 aromatic carbocycles. The fourth-order valence-electron chi connectivity index (χ4n) is 4.20. The number of rotatable bonds is 4. The van der Waals surface area contributed by atoms with Crippen molar-refractivity contribution in [2.75, 3.05) is 20.1 Å². The average molecular weight is 466 g/mol. The van der Waals surface area contributed by atoms with Crippen molar-refractivity contribution in [1.82, 2.24) is 24.2 Å². The maximum absolute atomic E-state index is 13.1. The first-order chi connectivity index (χ1) is 15.8. The second-order valence-electron chi connectivity index (χ2n) is 8.50. The quantitative estimate of drug-likeness (QED) is 0.480. The lowest BCUT2D eigenvalue weighted by Gasteiger charge is -2.18. The van der Waals surface area contributed by atoms with Crippen LogP contribution in [0.2, 0.25) is 0 Å². The summed E-state index contributed by atoms with van der Waals surface area (Å²) in [4.78, 5) is 26.8. The monoisotopic (exact) mass is 465 g/mol. The number of hydrogen-bond acceptors (Lipinski definition) is 7. The maximum Gasteiger partial charge on any atom is 0.271 e. The molecule has 0 radical (unpaired) electrons. The van der Waals surface area contributed by atoms with Crippen LogP contribution in [0.25, 0.3) is 15.6 Å². The van der Waals surface area contributed by atoms with Gasteiger partial charge in [-0.05, 0) is 49.5 Å². The van der Waals surface area contributed by atoms with Crippen LogP contribution in [0.15, 0.2) is 36.7 Å². The van der Waals surface area contributed by atoms with Crippen LogP contribution < -0.4 is 10.1 Å². The van der Waals surface area contributed by atoms with Gasteiger partial charge in [-0.1, -0.05) is 0 Å². The van der Waals surface area contributed by atoms with Crippen LogP contribution in [0.4, 0.5) is 0 Å². The predicted octanol–water partition coefficient (Wildman–Crippen LogP) is 3.00. The van der Waals surface area contributed by atoms with E-state index in [1.807, 2.05) is 19.1 Å². The topological polar surface area (TPSA) is 109 Å². The molecule has 2 amide bonds. The number of β-amino-alcohol motifs (C(OH)–C–C–N with tert-alkyl or cyclic N) is 1. The zero-order valence-electron chi connectivity index (χ0n) is 18.5. The number of benzene rings is 1. The number of nitrogens with zero attached hydrogens (tertiary/aromatic N) is 4. The summed E-state index contributed by atoms with van der Waals surface area (Å²) >= 11 is 1.23. The second kappa shape index (κ2) is 7.82. The molecular formula is C23H23N5O4S. The molecule has 0 spiro atoms. The van der Waals surface area contributed by atoms with E-state index in [0.29, 0.717) is 47.8 Å². The molecule has 0 aliphatic carbocycles. The zero-order valence-corrected chi connectivity index (χ0v) is 19.3. The van der Waals surface area contributed by atoms with Crippen LogP contribution in [0, 0.1) is 6.92 Å². The van der Waals surface area contributed by atoms with Crippen LogP contribution in [0.5, 0.6) is 11.5 Å². The van der Waals surface area contributed by atoms with Crippen molar-refractivity contribution in [2.24, 2.45) is 0 Å². The molecule has 4 aromatic rings. The highest BCUT2D eigenvalue weighted by Crippen LogP contribution is 2.34. The first kappa shape index (κ1) is 21.4. The number of ether oxygens (including phenoxy) is 1. The molecule has 1 aliphatic heterocycles. The normalized spacial score (nSPS) is 18.2. The van der Waals surface area contributed by atoms with Crippen molar-refractivity contribution in [3.8, 4) is 11.5 Å². The van der Waals surface area contributed by atoms with E-state index in [1.54, 1.807) is 47.9 Å². The highest BCUT2D eigenvalue weighted by Gasteiger charge is 2.35. The third-order valence-corrected chi connectivity index (χ3v) is 6.78. The van der Waals surface area contributed by atoms with E-state index < -0.39 is 5.60 Å². The second-order valence-corrected chi connectivity index (χ2v) is 9.31. The Hall–Kier alpha value is -3.50. The Morgan fingerprint density at radius 3 is 2.85 bits per heavy atom. The third-order valence-electron chi connectivity index (χ3n) is 5.97. The standard InChI is InChI=1S/C23H23N5O4S/c1-13-16(22(30)27-9-7-23(2,31)12-27)11-28-20(13)17(6-8-25-28)32-14-4-5-15-18(10-14)33-26-19(15)21(29)24-3/h4-6,8,10-11,31H,7,9,12H2,1-3H3,(H,24,29)/t23-/m1/s1. The minimum atomic E-state index is -0.859. The molecular weight excluding hydrogens is 442 g/mol. The Balaban J connectivity index is 1.48. The highest BCUT2D eigenvalue weighted by molar-refractivity contribution is 7.13. The van der Waals surface area contributed by atoms with E-state index in [9.17, 15) is 14.7 Å². The molecule has 1 fully saturated rings. The molecule has 9 nitrogen and oxygen atoms in total. The first-order valence-corrected chi connectivity index (χ1v) is 11.3. The number of aliphatic hydroxyl groups is 1. The first-order valence-electron chi connectivity index (χ1n) is 10.6. The zero-order chi connectivity index (χ0) is 23.3. The molecule has 0 saturated carbocycles. The Labute approximate surface area is 193 Å². The molecule has 170 valence electrons. The van der Waals surface area contributed by atoms with E-state index in [1.165, 1.54) is 11.5 Å². The van der Waals surface area contributed by atoms with E-state index in [2.05, 4.69) is 14.8 Å². The lowest BCUT2D eigenvalue weighted by molar-refractivity contribution is 0.0572. The van der Waals surface area contributed by atoms with Gasteiger partial charge in [-0.2, -0.15) is 9.47 Å². The summed E-state index contributed by atoms with van der Waals surface area (Å²) < 4.78 is 12.9. The summed E-state index contributed by atoms with van der Waals surface area (Å²) in [6.07, 6.45) is 3.87. The van der Waals surface area contributed by atoms with Crippen molar-refractivity contribution < 1.29 is 19.4 Å². The molecule has 33 heavy (non-hydrogen) atoms. The third kappa shape index (κ3) is 3.70. The lowest BCUT2D eigenvalue weighted by Crippen LogP contribution is -2.34. The summed E-state index contributed by atoms with van der Waals surface area (Å²) in [5.74, 6) is 0.790. The Kier molecular flexibility index (Phi) is 5.06. The van der Waals surface area contributed by atoms with Crippen LogP contribution >= 0.6 is 11.5 Å². The molecule has 0 bridgehead atoms. The van der Waals surface area contributed by atoms with Gasteiger partial charge in [-0.25, -0.2) is 4.52 Å². The van der Waals surface area contributed by atoms with E-state index in [4.69, 9.17) is 4.74 Å². The van der Waals surface area contributed by atoms with E-state index >= 15 is 0 Å². The number of nitrogens with one attached hydrogen (secondary N) is 1. The smallest absolute Gasteiger partial charge is 0.271 e. The number of carbonyl (C=O) groups is 2. The SMILES string of the molecule is CNC(=O)c1nsc2cc(Oc3ccnn4cc(C(=O)N5CC[C@@](C)(O)C5)c(C)c34)ccc12. The summed E-state index contributed by atoms with van der Waals surface area (Å²) in [6.45, 7) is 4.43. The fourth-order valence-corrected chi connectivity index (χ4v) is 5.00. The van der Waals surface area contributed by atoms with Crippen LogP contribution in [0.3, 0.4) is 0 Å². The van der Waals surface area contributed by atoms with Gasteiger partial charge in [0, 0.05) is 43.9 Å². The molecule has 5 rings (SSSR count). The number of carbonyl (C=O) groups excluding carboxylic acids is 2. The number of amides is 2. The minimum Gasteiger partial charge on any atom is -0.455 e. The summed E-state index contributed by atoms with van der Waals surface area (Å²) in [5.41, 5.74) is 1.52. The molecule has 1 atom stereocenters. The van der Waals surface area contributed by atoms with Gasteiger partial charge >= 0.3 is 0 Å². The van der Waals surface area contributed by atoms with Crippen molar-refractivity contribution in [2.45, 2.75) is 25.9 Å². The molecule has 1 aliphatic rings. The summed E-state index contributed by atoms with van der Waals surface area (Å²) in [7, 11) is 1.57. The van der Waals surface area contributed by atoms with Gasteiger partial charge in [0.2, 0.25) is 0 Å². The molecule has 4 heterocycles. The van der Waals surface area contributed by atoms with Crippen LogP contribution in [-0.2, 0) is 0 Å². The van der Waals surface area contributed by atoms with Crippen molar-refractivity contribution in [3.63, 3.8) is 0 Å². The van der Waals surface area contributed by atoms with Gasteiger partial charge in [0.15, 0.2) is 5.75 Å². The number of aryl methyl sites for hydroxylation is 1. The fraction of sp³-hybridized carbons (Fsp3) is 0.304. The Bertz CT molecular complexity index is 1410. The van der Waals surface area contributed by atoms with Gasteiger partial charge in [0.25, 0.3) is 11.8 Å². The van der Waals surface area contributed by atoms with Crippen molar-refractivity contribution >= 4 is 38.9 Å². The van der Waals surface area contributed by atoms with Gasteiger partial charge in [-0.15, -0.1) is 0 Å². The summed E-state index contributed by atoms with van der Waals surface area (Å²) in [6, 6.07) is 7.20. The van der Waals surface area contributed by atoms with Gasteiger partial charge in [0.1, 0.15) is 17.0 Å². The molecule has 1 saturated heterocycles. The van der Waals surface area contributed by atoms with Gasteiger partial charge < -0.3 is 20.1 Å². The molecule has 3 aromatic heterocycles. The van der Waals surface area contributed by atoms with Gasteiger partial charge in [-0.3, -0.25) is 9.59 Å². The molecule has 10 heteroatoms. The Morgan fingerprint density at radius 2 is 2.12 bits per heavy atom. The van der Waals surface area contributed by atoms with E-state index in [0.717, 1.165) is 15.6 Å².